The molecule has 0 aromatic heterocycles. The largest absolute Gasteiger partial charge is 0.370 e. The van der Waals surface area contributed by atoms with Crippen LogP contribution in [0, 0.1) is 5.92 Å². The number of aliphatic imine (C=N–C) groups is 1. The Morgan fingerprint density at radius 1 is 1.25 bits per heavy atom. The summed E-state index contributed by atoms with van der Waals surface area (Å²) in [5.41, 5.74) is 7.41. The SMILES string of the molecule is CCN(CC)C(CN=C(N)NCC1CCC1)Cc1ccccc1.I. The molecule has 0 aliphatic heterocycles. The number of guanidine groups is 1. The van der Waals surface area contributed by atoms with Crippen LogP contribution in [-0.4, -0.2) is 43.1 Å². The molecule has 1 saturated carbocycles. The number of rotatable bonds is 9. The quantitative estimate of drug-likeness (QED) is 0.349. The van der Waals surface area contributed by atoms with Crippen molar-refractivity contribution in [3.8, 4) is 0 Å². The molecule has 1 aromatic rings. The second-order valence-corrected chi connectivity index (χ2v) is 6.47. The maximum Gasteiger partial charge on any atom is 0.188 e. The molecule has 1 fully saturated rings. The van der Waals surface area contributed by atoms with Gasteiger partial charge in [-0.25, -0.2) is 0 Å². The maximum absolute atomic E-state index is 6.05. The number of halogens is 1. The van der Waals surface area contributed by atoms with Crippen LogP contribution in [0.3, 0.4) is 0 Å². The molecule has 136 valence electrons. The first kappa shape index (κ1) is 21.2. The molecule has 3 N–H and O–H groups in total. The minimum absolute atomic E-state index is 0. The third-order valence-corrected chi connectivity index (χ3v) is 4.91. The van der Waals surface area contributed by atoms with Gasteiger partial charge in [0.1, 0.15) is 0 Å². The predicted octanol–water partition coefficient (Wildman–Crippen LogP) is 3.26. The maximum atomic E-state index is 6.05. The van der Waals surface area contributed by atoms with E-state index in [4.69, 9.17) is 5.73 Å². The Morgan fingerprint density at radius 2 is 1.92 bits per heavy atom. The van der Waals surface area contributed by atoms with Gasteiger partial charge in [-0.05, 0) is 43.8 Å². The fraction of sp³-hybridized carbons (Fsp3) is 0.632. The van der Waals surface area contributed by atoms with Crippen LogP contribution >= 0.6 is 24.0 Å². The minimum Gasteiger partial charge on any atom is -0.370 e. The number of benzene rings is 1. The van der Waals surface area contributed by atoms with Gasteiger partial charge in [-0.15, -0.1) is 24.0 Å². The fourth-order valence-electron chi connectivity index (χ4n) is 3.14. The van der Waals surface area contributed by atoms with Gasteiger partial charge in [-0.2, -0.15) is 0 Å². The Labute approximate surface area is 164 Å². The van der Waals surface area contributed by atoms with Gasteiger partial charge in [-0.3, -0.25) is 9.89 Å². The number of nitrogens with two attached hydrogens (primary N) is 1. The van der Waals surface area contributed by atoms with Crippen LogP contribution < -0.4 is 11.1 Å². The van der Waals surface area contributed by atoms with Crippen LogP contribution in [0.5, 0.6) is 0 Å². The lowest BCUT2D eigenvalue weighted by atomic mass is 9.85. The van der Waals surface area contributed by atoms with E-state index in [1.165, 1.54) is 24.8 Å². The first-order chi connectivity index (χ1) is 11.2. The number of hydrogen-bond acceptors (Lipinski definition) is 2. The van der Waals surface area contributed by atoms with Gasteiger partial charge in [0.25, 0.3) is 0 Å². The van der Waals surface area contributed by atoms with E-state index in [1.807, 2.05) is 0 Å². The van der Waals surface area contributed by atoms with Crippen molar-refractivity contribution < 1.29 is 0 Å². The molecule has 4 nitrogen and oxygen atoms in total. The minimum atomic E-state index is 0. The molecule has 1 aromatic carbocycles. The van der Waals surface area contributed by atoms with E-state index in [2.05, 4.69) is 59.4 Å². The molecule has 0 saturated heterocycles. The zero-order valence-electron chi connectivity index (χ0n) is 15.1. The summed E-state index contributed by atoms with van der Waals surface area (Å²) < 4.78 is 0. The molecule has 0 amide bonds. The molecule has 1 aliphatic carbocycles. The Kier molecular flexibility index (Phi) is 10.3. The smallest absolute Gasteiger partial charge is 0.188 e. The molecule has 2 rings (SSSR count). The summed E-state index contributed by atoms with van der Waals surface area (Å²) in [6, 6.07) is 11.1. The summed E-state index contributed by atoms with van der Waals surface area (Å²) in [6.07, 6.45) is 5.04. The average molecular weight is 444 g/mol. The summed E-state index contributed by atoms with van der Waals surface area (Å²) in [6.45, 7) is 8.23. The number of hydrogen-bond donors (Lipinski definition) is 2. The first-order valence-corrected chi connectivity index (χ1v) is 9.04. The average Bonchev–Trinajstić information content (AvgIpc) is 2.53. The van der Waals surface area contributed by atoms with Crippen molar-refractivity contribution in [1.82, 2.24) is 10.2 Å². The Hall–Kier alpha value is -0.820. The molecule has 0 spiro atoms. The Balaban J connectivity index is 0.00000288. The lowest BCUT2D eigenvalue weighted by Gasteiger charge is -2.29. The summed E-state index contributed by atoms with van der Waals surface area (Å²) >= 11 is 0. The molecule has 0 radical (unpaired) electrons. The molecule has 1 atom stereocenters. The highest BCUT2D eigenvalue weighted by atomic mass is 127. The van der Waals surface area contributed by atoms with Crippen molar-refractivity contribution in [2.45, 2.75) is 45.6 Å². The normalized spacial score (nSPS) is 16.4. The van der Waals surface area contributed by atoms with E-state index < -0.39 is 0 Å². The molecule has 5 heteroatoms. The third kappa shape index (κ3) is 6.97. The van der Waals surface area contributed by atoms with Gasteiger partial charge in [0.15, 0.2) is 5.96 Å². The van der Waals surface area contributed by atoms with Gasteiger partial charge in [0.05, 0.1) is 6.54 Å². The van der Waals surface area contributed by atoms with Crippen LogP contribution in [0.25, 0.3) is 0 Å². The van der Waals surface area contributed by atoms with Gasteiger partial charge in [-0.1, -0.05) is 50.6 Å². The van der Waals surface area contributed by atoms with Gasteiger partial charge in [0.2, 0.25) is 0 Å². The molecule has 24 heavy (non-hydrogen) atoms. The topological polar surface area (TPSA) is 53.6 Å². The molecular formula is C19H33IN4. The Morgan fingerprint density at radius 3 is 2.46 bits per heavy atom. The summed E-state index contributed by atoms with van der Waals surface area (Å²) in [5.74, 6) is 1.40. The lowest BCUT2D eigenvalue weighted by molar-refractivity contribution is 0.220. The summed E-state index contributed by atoms with van der Waals surface area (Å²) in [5, 5.41) is 3.29. The van der Waals surface area contributed by atoms with Crippen molar-refractivity contribution in [3.63, 3.8) is 0 Å². The van der Waals surface area contributed by atoms with Crippen molar-refractivity contribution >= 4 is 29.9 Å². The number of likely N-dealkylation sites (N-methyl/N-ethyl adjacent to an activating group) is 1. The van der Waals surface area contributed by atoms with Crippen LogP contribution in [0.15, 0.2) is 35.3 Å². The van der Waals surface area contributed by atoms with Gasteiger partial charge in [0, 0.05) is 12.6 Å². The number of nitrogens with zero attached hydrogens (tertiary/aromatic N) is 2. The third-order valence-electron chi connectivity index (χ3n) is 4.91. The molecule has 0 bridgehead atoms. The van der Waals surface area contributed by atoms with Gasteiger partial charge < -0.3 is 11.1 Å². The highest BCUT2D eigenvalue weighted by Gasteiger charge is 2.18. The van der Waals surface area contributed by atoms with E-state index in [-0.39, 0.29) is 24.0 Å². The zero-order valence-corrected chi connectivity index (χ0v) is 17.4. The van der Waals surface area contributed by atoms with E-state index >= 15 is 0 Å². The fourth-order valence-corrected chi connectivity index (χ4v) is 3.14. The van der Waals surface area contributed by atoms with Gasteiger partial charge >= 0.3 is 0 Å². The zero-order chi connectivity index (χ0) is 16.5. The second kappa shape index (κ2) is 11.7. The van der Waals surface area contributed by atoms with Crippen LogP contribution in [0.2, 0.25) is 0 Å². The highest BCUT2D eigenvalue weighted by Crippen LogP contribution is 2.24. The lowest BCUT2D eigenvalue weighted by Crippen LogP contribution is -2.41. The predicted molar refractivity (Wildman–Crippen MR) is 114 cm³/mol. The summed E-state index contributed by atoms with van der Waals surface area (Å²) in [4.78, 5) is 7.08. The molecular weight excluding hydrogens is 411 g/mol. The molecule has 1 unspecified atom stereocenters. The monoisotopic (exact) mass is 444 g/mol. The van der Waals surface area contributed by atoms with Crippen molar-refractivity contribution in [2.75, 3.05) is 26.2 Å². The first-order valence-electron chi connectivity index (χ1n) is 9.04. The number of nitrogens with one attached hydrogen (secondary N) is 1. The van der Waals surface area contributed by atoms with E-state index in [0.29, 0.717) is 12.0 Å². The van der Waals surface area contributed by atoms with Crippen LogP contribution in [0.1, 0.15) is 38.7 Å². The van der Waals surface area contributed by atoms with Crippen molar-refractivity contribution in [2.24, 2.45) is 16.6 Å². The highest BCUT2D eigenvalue weighted by molar-refractivity contribution is 14.0. The molecule has 1 aliphatic rings. The summed E-state index contributed by atoms with van der Waals surface area (Å²) in [7, 11) is 0. The molecule has 0 heterocycles. The second-order valence-electron chi connectivity index (χ2n) is 6.47. The van der Waals surface area contributed by atoms with E-state index in [9.17, 15) is 0 Å². The van der Waals surface area contributed by atoms with E-state index in [0.717, 1.165) is 38.5 Å². The van der Waals surface area contributed by atoms with Crippen molar-refractivity contribution in [1.29, 1.82) is 0 Å². The van der Waals surface area contributed by atoms with E-state index in [1.54, 1.807) is 0 Å². The van der Waals surface area contributed by atoms with Crippen LogP contribution in [0.4, 0.5) is 0 Å². The Bertz CT molecular complexity index is 470. The van der Waals surface area contributed by atoms with Crippen molar-refractivity contribution in [3.05, 3.63) is 35.9 Å². The standard InChI is InChI=1S/C19H32N4.HI/c1-3-23(4-2)18(13-16-9-6-5-7-10-16)15-22-19(20)21-14-17-11-8-12-17;/h5-7,9-10,17-18H,3-4,8,11-15H2,1-2H3,(H3,20,21,22);1H. The van der Waals surface area contributed by atoms with Crippen LogP contribution in [-0.2, 0) is 6.42 Å².